The molecule has 2 heteroatoms. The van der Waals surface area contributed by atoms with E-state index in [2.05, 4.69) is 20.8 Å². The highest BCUT2D eigenvalue weighted by atomic mass is 16.6. The molecule has 0 unspecified atom stereocenters. The minimum atomic E-state index is -0.180. The summed E-state index contributed by atoms with van der Waals surface area (Å²) in [4.78, 5) is 0. The quantitative estimate of drug-likeness (QED) is 0.655. The van der Waals surface area contributed by atoms with Crippen molar-refractivity contribution in [2.24, 2.45) is 5.41 Å². The third-order valence-electron chi connectivity index (χ3n) is 3.81. The Morgan fingerprint density at radius 1 is 1.13 bits per heavy atom. The Morgan fingerprint density at radius 3 is 2.13 bits per heavy atom. The Morgan fingerprint density at radius 2 is 1.67 bits per heavy atom. The third-order valence-corrected chi connectivity index (χ3v) is 3.81. The summed E-state index contributed by atoms with van der Waals surface area (Å²) < 4.78 is 5.66. The van der Waals surface area contributed by atoms with E-state index in [4.69, 9.17) is 4.74 Å². The van der Waals surface area contributed by atoms with Crippen LogP contribution < -0.4 is 5.11 Å². The molecule has 2 rings (SSSR count). The van der Waals surface area contributed by atoms with Crippen LogP contribution in [0.3, 0.4) is 0 Å². The van der Waals surface area contributed by atoms with E-state index in [0.29, 0.717) is 0 Å². The molecule has 0 heterocycles. The van der Waals surface area contributed by atoms with Gasteiger partial charge < -0.3 is 9.84 Å². The molecule has 0 amide bonds. The van der Waals surface area contributed by atoms with Crippen LogP contribution in [0, 0.1) is 5.41 Å². The molecule has 0 bridgehead atoms. The van der Waals surface area contributed by atoms with Crippen LogP contribution in [0.15, 0.2) is 11.5 Å². The molecule has 0 N–H and O–H groups in total. The molecule has 0 aliphatic heterocycles. The molecule has 86 valence electrons. The van der Waals surface area contributed by atoms with Gasteiger partial charge in [0, 0.05) is 5.60 Å². The fourth-order valence-corrected chi connectivity index (χ4v) is 2.43. The summed E-state index contributed by atoms with van der Waals surface area (Å²) in [5, 5.41) is 11.8. The minimum absolute atomic E-state index is 0.0376. The fourth-order valence-electron chi connectivity index (χ4n) is 2.43. The van der Waals surface area contributed by atoms with Crippen LogP contribution in [0.25, 0.3) is 0 Å². The van der Waals surface area contributed by atoms with Gasteiger partial charge in [0.05, 0.1) is 5.95 Å². The SMILES string of the molecule is CC1(OC([O-])=C2CC2(C)C)CCCCC1. The highest BCUT2D eigenvalue weighted by Crippen LogP contribution is 2.52. The summed E-state index contributed by atoms with van der Waals surface area (Å²) in [5.74, 6) is -0.0376. The highest BCUT2D eigenvalue weighted by molar-refractivity contribution is 5.29. The molecule has 2 nitrogen and oxygen atoms in total. The van der Waals surface area contributed by atoms with Crippen molar-refractivity contribution in [1.82, 2.24) is 0 Å². The molecule has 2 aliphatic rings. The average Bonchev–Trinajstić information content (AvgIpc) is 2.76. The highest BCUT2D eigenvalue weighted by Gasteiger charge is 2.41. The second-order valence-corrected chi connectivity index (χ2v) is 5.94. The summed E-state index contributed by atoms with van der Waals surface area (Å²) >= 11 is 0. The van der Waals surface area contributed by atoms with Crippen molar-refractivity contribution < 1.29 is 9.84 Å². The molecule has 0 atom stereocenters. The second-order valence-electron chi connectivity index (χ2n) is 5.94. The van der Waals surface area contributed by atoms with Gasteiger partial charge in [-0.1, -0.05) is 40.0 Å². The lowest BCUT2D eigenvalue weighted by Gasteiger charge is -2.41. The predicted octanol–water partition coefficient (Wildman–Crippen LogP) is 2.73. The minimum Gasteiger partial charge on any atom is -0.607 e. The zero-order valence-electron chi connectivity index (χ0n) is 10.1. The lowest BCUT2D eigenvalue weighted by molar-refractivity contribution is -0.373. The first-order chi connectivity index (χ1) is 6.93. The van der Waals surface area contributed by atoms with Crippen molar-refractivity contribution in [1.29, 1.82) is 0 Å². The van der Waals surface area contributed by atoms with Crippen LogP contribution in [0.4, 0.5) is 0 Å². The summed E-state index contributed by atoms with van der Waals surface area (Å²) in [5.41, 5.74) is 0.914. The Kier molecular flexibility index (Phi) is 2.48. The van der Waals surface area contributed by atoms with Crippen molar-refractivity contribution in [3.05, 3.63) is 11.5 Å². The van der Waals surface area contributed by atoms with Gasteiger partial charge in [-0.2, -0.15) is 0 Å². The van der Waals surface area contributed by atoms with Gasteiger partial charge in [-0.25, -0.2) is 0 Å². The molecule has 0 spiro atoms. The first kappa shape index (κ1) is 10.8. The molecule has 2 saturated carbocycles. The average molecular weight is 209 g/mol. The maximum Gasteiger partial charge on any atom is 0.0515 e. The smallest absolute Gasteiger partial charge is 0.0515 e. The van der Waals surface area contributed by atoms with Crippen LogP contribution >= 0.6 is 0 Å². The fraction of sp³-hybridized carbons (Fsp3) is 0.846. The maximum absolute atomic E-state index is 11.8. The second kappa shape index (κ2) is 3.43. The number of hydrogen-bond acceptors (Lipinski definition) is 2. The van der Waals surface area contributed by atoms with Crippen LogP contribution in [0.5, 0.6) is 0 Å². The Bertz CT molecular complexity index is 283. The monoisotopic (exact) mass is 209 g/mol. The van der Waals surface area contributed by atoms with Gasteiger partial charge in [0.15, 0.2) is 0 Å². The van der Waals surface area contributed by atoms with E-state index in [1.165, 1.54) is 19.3 Å². The Balaban J connectivity index is 2.00. The van der Waals surface area contributed by atoms with E-state index >= 15 is 0 Å². The number of allylic oxidation sites excluding steroid dienone is 1. The van der Waals surface area contributed by atoms with Crippen molar-refractivity contribution >= 4 is 0 Å². The van der Waals surface area contributed by atoms with Crippen LogP contribution in [-0.2, 0) is 4.74 Å². The molecule has 0 saturated heterocycles. The third kappa shape index (κ3) is 2.30. The lowest BCUT2D eigenvalue weighted by Crippen LogP contribution is -2.33. The maximum atomic E-state index is 11.8. The van der Waals surface area contributed by atoms with Crippen molar-refractivity contribution in [3.63, 3.8) is 0 Å². The van der Waals surface area contributed by atoms with Gasteiger partial charge in [-0.05, 0) is 30.3 Å². The van der Waals surface area contributed by atoms with Gasteiger partial charge in [0.1, 0.15) is 0 Å². The van der Waals surface area contributed by atoms with E-state index in [0.717, 1.165) is 24.8 Å². The Labute approximate surface area is 92.3 Å². The van der Waals surface area contributed by atoms with Crippen LogP contribution in [0.2, 0.25) is 0 Å². The van der Waals surface area contributed by atoms with Crippen LogP contribution in [0.1, 0.15) is 59.3 Å². The van der Waals surface area contributed by atoms with Gasteiger partial charge >= 0.3 is 0 Å². The number of rotatable bonds is 2. The predicted molar refractivity (Wildman–Crippen MR) is 58.0 cm³/mol. The first-order valence-electron chi connectivity index (χ1n) is 6.03. The molecule has 0 aromatic rings. The van der Waals surface area contributed by atoms with E-state index < -0.39 is 0 Å². The molecule has 2 fully saturated rings. The molecule has 15 heavy (non-hydrogen) atoms. The topological polar surface area (TPSA) is 32.3 Å². The molecular formula is C13H21O2-. The van der Waals surface area contributed by atoms with Crippen molar-refractivity contribution in [2.75, 3.05) is 0 Å². The summed E-state index contributed by atoms with van der Waals surface area (Å²) in [6.07, 6.45) is 6.67. The van der Waals surface area contributed by atoms with E-state index in [9.17, 15) is 5.11 Å². The van der Waals surface area contributed by atoms with E-state index in [1.54, 1.807) is 0 Å². The largest absolute Gasteiger partial charge is 0.607 e. The van der Waals surface area contributed by atoms with E-state index in [1.807, 2.05) is 0 Å². The van der Waals surface area contributed by atoms with Crippen molar-refractivity contribution in [3.8, 4) is 0 Å². The summed E-state index contributed by atoms with van der Waals surface area (Å²) in [6, 6.07) is 0. The lowest BCUT2D eigenvalue weighted by atomic mass is 9.86. The first-order valence-corrected chi connectivity index (χ1v) is 6.03. The molecular weight excluding hydrogens is 188 g/mol. The number of ether oxygens (including phenoxy) is 1. The van der Waals surface area contributed by atoms with Crippen LogP contribution in [-0.4, -0.2) is 5.60 Å². The van der Waals surface area contributed by atoms with E-state index in [-0.39, 0.29) is 17.0 Å². The summed E-state index contributed by atoms with van der Waals surface area (Å²) in [7, 11) is 0. The van der Waals surface area contributed by atoms with Gasteiger partial charge in [-0.15, -0.1) is 0 Å². The van der Waals surface area contributed by atoms with Crippen molar-refractivity contribution in [2.45, 2.75) is 64.9 Å². The Hall–Kier alpha value is -0.660. The summed E-state index contributed by atoms with van der Waals surface area (Å²) in [6.45, 7) is 6.29. The van der Waals surface area contributed by atoms with Gasteiger partial charge in [-0.3, -0.25) is 0 Å². The normalized spacial score (nSPS) is 30.9. The molecule has 0 aromatic heterocycles. The van der Waals surface area contributed by atoms with Gasteiger partial charge in [0.25, 0.3) is 0 Å². The zero-order chi connectivity index (χ0) is 11.1. The molecule has 0 aromatic carbocycles. The number of hydrogen-bond donors (Lipinski definition) is 0. The standard InChI is InChI=1S/C13H22O2/c1-12(2)9-10(12)11(14)15-13(3)7-5-4-6-8-13/h14H,4-9H2,1-3H3/p-1. The molecule has 0 radical (unpaired) electrons. The molecule has 2 aliphatic carbocycles. The van der Waals surface area contributed by atoms with Gasteiger partial charge in [0.2, 0.25) is 0 Å². The zero-order valence-corrected chi connectivity index (χ0v) is 10.1.